The van der Waals surface area contributed by atoms with E-state index >= 15 is 0 Å². The quantitative estimate of drug-likeness (QED) is 0.644. The summed E-state index contributed by atoms with van der Waals surface area (Å²) in [6.07, 6.45) is 4.55. The van der Waals surface area contributed by atoms with Gasteiger partial charge in [0, 0.05) is 24.8 Å². The van der Waals surface area contributed by atoms with Gasteiger partial charge in [0.05, 0.1) is 7.11 Å². The number of methoxy groups -OCH3 is 1. The molecule has 2 N–H and O–H groups in total. The van der Waals surface area contributed by atoms with Crippen LogP contribution in [0.4, 0.5) is 11.8 Å². The standard InChI is InChI=1S/C19H28N4O/c1-4-5-6-12-20-18-14-15(2)22-19(23-18)21-13-11-16-7-9-17(24-3)10-8-16/h7-10,14H,4-6,11-13H2,1-3H3,(H2,20,21,22,23). The van der Waals surface area contributed by atoms with Gasteiger partial charge in [0.15, 0.2) is 0 Å². The Hall–Kier alpha value is -2.30. The summed E-state index contributed by atoms with van der Waals surface area (Å²) in [6, 6.07) is 10.1. The van der Waals surface area contributed by atoms with E-state index in [0.717, 1.165) is 36.8 Å². The Kier molecular flexibility index (Phi) is 7.33. The maximum absolute atomic E-state index is 5.17. The first-order chi connectivity index (χ1) is 11.7. The van der Waals surface area contributed by atoms with Crippen molar-refractivity contribution >= 4 is 11.8 Å². The van der Waals surface area contributed by atoms with Crippen LogP contribution < -0.4 is 15.4 Å². The maximum Gasteiger partial charge on any atom is 0.224 e. The molecule has 0 aliphatic carbocycles. The Morgan fingerprint density at radius 1 is 1.00 bits per heavy atom. The minimum Gasteiger partial charge on any atom is -0.497 e. The molecule has 0 saturated heterocycles. The number of aryl methyl sites for hydroxylation is 1. The number of aromatic nitrogens is 2. The third kappa shape index (κ3) is 6.07. The number of ether oxygens (including phenoxy) is 1. The van der Waals surface area contributed by atoms with Crippen molar-refractivity contribution in [1.82, 2.24) is 9.97 Å². The van der Waals surface area contributed by atoms with E-state index in [2.05, 4.69) is 39.7 Å². The highest BCUT2D eigenvalue weighted by atomic mass is 16.5. The highest BCUT2D eigenvalue weighted by Crippen LogP contribution is 2.13. The van der Waals surface area contributed by atoms with E-state index < -0.39 is 0 Å². The molecule has 2 rings (SSSR count). The van der Waals surface area contributed by atoms with Crippen molar-refractivity contribution in [2.75, 3.05) is 30.8 Å². The van der Waals surface area contributed by atoms with Gasteiger partial charge in [0.25, 0.3) is 0 Å². The van der Waals surface area contributed by atoms with Crippen molar-refractivity contribution < 1.29 is 4.74 Å². The van der Waals surface area contributed by atoms with Gasteiger partial charge in [0.1, 0.15) is 11.6 Å². The fourth-order valence-corrected chi connectivity index (χ4v) is 2.44. The Morgan fingerprint density at radius 3 is 2.50 bits per heavy atom. The van der Waals surface area contributed by atoms with Crippen LogP contribution in [-0.4, -0.2) is 30.2 Å². The SMILES string of the molecule is CCCCCNc1cc(C)nc(NCCc2ccc(OC)cc2)n1. The summed E-state index contributed by atoms with van der Waals surface area (Å²) in [7, 11) is 1.68. The van der Waals surface area contributed by atoms with Crippen molar-refractivity contribution in [3.05, 3.63) is 41.6 Å². The molecule has 0 unspecified atom stereocenters. The lowest BCUT2D eigenvalue weighted by Crippen LogP contribution is -2.11. The molecule has 0 amide bonds. The van der Waals surface area contributed by atoms with Gasteiger partial charge in [0.2, 0.25) is 5.95 Å². The Morgan fingerprint density at radius 2 is 1.79 bits per heavy atom. The summed E-state index contributed by atoms with van der Waals surface area (Å²) in [4.78, 5) is 8.99. The lowest BCUT2D eigenvalue weighted by atomic mass is 10.1. The van der Waals surface area contributed by atoms with Crippen molar-refractivity contribution in [1.29, 1.82) is 0 Å². The van der Waals surface area contributed by atoms with Crippen LogP contribution in [0.5, 0.6) is 5.75 Å². The summed E-state index contributed by atoms with van der Waals surface area (Å²) in [5.41, 5.74) is 2.23. The Labute approximate surface area is 144 Å². The summed E-state index contributed by atoms with van der Waals surface area (Å²) < 4.78 is 5.17. The molecule has 0 radical (unpaired) electrons. The summed E-state index contributed by atoms with van der Waals surface area (Å²) >= 11 is 0. The lowest BCUT2D eigenvalue weighted by molar-refractivity contribution is 0.414. The van der Waals surface area contributed by atoms with Crippen molar-refractivity contribution in [3.8, 4) is 5.75 Å². The summed E-state index contributed by atoms with van der Waals surface area (Å²) in [5, 5.41) is 6.69. The van der Waals surface area contributed by atoms with E-state index in [9.17, 15) is 0 Å². The van der Waals surface area contributed by atoms with Crippen LogP contribution in [0.2, 0.25) is 0 Å². The molecule has 0 fully saturated rings. The van der Waals surface area contributed by atoms with Crippen LogP contribution >= 0.6 is 0 Å². The average molecular weight is 328 g/mol. The fraction of sp³-hybridized carbons (Fsp3) is 0.474. The van der Waals surface area contributed by atoms with E-state index in [1.807, 2.05) is 25.1 Å². The molecule has 24 heavy (non-hydrogen) atoms. The molecule has 1 aromatic heterocycles. The van der Waals surface area contributed by atoms with E-state index in [1.54, 1.807) is 7.11 Å². The molecule has 0 bridgehead atoms. The number of hydrogen-bond donors (Lipinski definition) is 2. The molecular weight excluding hydrogens is 300 g/mol. The number of rotatable bonds is 10. The van der Waals surface area contributed by atoms with E-state index in [-0.39, 0.29) is 0 Å². The molecule has 5 heteroatoms. The Bertz CT molecular complexity index is 613. The highest BCUT2D eigenvalue weighted by molar-refractivity contribution is 5.42. The molecule has 2 aromatic rings. The largest absolute Gasteiger partial charge is 0.497 e. The van der Waals surface area contributed by atoms with Crippen LogP contribution in [-0.2, 0) is 6.42 Å². The summed E-state index contributed by atoms with van der Waals surface area (Å²) in [5.74, 6) is 2.46. The monoisotopic (exact) mass is 328 g/mol. The molecule has 1 heterocycles. The summed E-state index contributed by atoms with van der Waals surface area (Å²) in [6.45, 7) is 5.95. The molecule has 5 nitrogen and oxygen atoms in total. The fourth-order valence-electron chi connectivity index (χ4n) is 2.44. The molecule has 130 valence electrons. The first-order valence-electron chi connectivity index (χ1n) is 8.67. The Balaban J connectivity index is 1.83. The van der Waals surface area contributed by atoms with Crippen LogP contribution in [0, 0.1) is 6.92 Å². The van der Waals surface area contributed by atoms with Gasteiger partial charge in [-0.05, 0) is 37.5 Å². The molecule has 0 aliphatic heterocycles. The normalized spacial score (nSPS) is 10.5. The van der Waals surface area contributed by atoms with Crippen LogP contribution in [0.25, 0.3) is 0 Å². The highest BCUT2D eigenvalue weighted by Gasteiger charge is 2.02. The third-order valence-electron chi connectivity index (χ3n) is 3.80. The molecule has 0 atom stereocenters. The second-order valence-electron chi connectivity index (χ2n) is 5.88. The average Bonchev–Trinajstić information content (AvgIpc) is 2.59. The van der Waals surface area contributed by atoms with Gasteiger partial charge in [-0.1, -0.05) is 31.9 Å². The van der Waals surface area contributed by atoms with Crippen molar-refractivity contribution in [2.24, 2.45) is 0 Å². The molecular formula is C19H28N4O. The first kappa shape index (κ1) is 18.0. The minimum atomic E-state index is 0.682. The minimum absolute atomic E-state index is 0.682. The van der Waals surface area contributed by atoms with E-state index in [1.165, 1.54) is 24.8 Å². The second kappa shape index (κ2) is 9.75. The molecule has 0 spiro atoms. The molecule has 0 aliphatic rings. The third-order valence-corrected chi connectivity index (χ3v) is 3.80. The predicted octanol–water partition coefficient (Wildman–Crippen LogP) is 4.05. The zero-order chi connectivity index (χ0) is 17.2. The number of benzene rings is 1. The number of unbranched alkanes of at least 4 members (excludes halogenated alkanes) is 2. The van der Waals surface area contributed by atoms with Gasteiger partial charge in [-0.15, -0.1) is 0 Å². The van der Waals surface area contributed by atoms with Gasteiger partial charge in [-0.25, -0.2) is 4.98 Å². The van der Waals surface area contributed by atoms with Gasteiger partial charge in [-0.3, -0.25) is 0 Å². The van der Waals surface area contributed by atoms with E-state index in [4.69, 9.17) is 4.74 Å². The topological polar surface area (TPSA) is 59.1 Å². The van der Waals surface area contributed by atoms with Crippen molar-refractivity contribution in [3.63, 3.8) is 0 Å². The number of hydrogen-bond acceptors (Lipinski definition) is 5. The van der Waals surface area contributed by atoms with Crippen LogP contribution in [0.15, 0.2) is 30.3 Å². The van der Waals surface area contributed by atoms with Crippen LogP contribution in [0.3, 0.4) is 0 Å². The molecule has 1 aromatic carbocycles. The predicted molar refractivity (Wildman–Crippen MR) is 100.0 cm³/mol. The molecule has 0 saturated carbocycles. The smallest absolute Gasteiger partial charge is 0.224 e. The van der Waals surface area contributed by atoms with Gasteiger partial charge >= 0.3 is 0 Å². The lowest BCUT2D eigenvalue weighted by Gasteiger charge is -2.10. The second-order valence-corrected chi connectivity index (χ2v) is 5.88. The van der Waals surface area contributed by atoms with Gasteiger partial charge in [-0.2, -0.15) is 4.98 Å². The number of anilines is 2. The van der Waals surface area contributed by atoms with Crippen molar-refractivity contribution in [2.45, 2.75) is 39.5 Å². The van der Waals surface area contributed by atoms with E-state index in [0.29, 0.717) is 5.95 Å². The first-order valence-corrected chi connectivity index (χ1v) is 8.67. The number of nitrogens with one attached hydrogen (secondary N) is 2. The zero-order valence-corrected chi connectivity index (χ0v) is 14.9. The maximum atomic E-state index is 5.17. The van der Waals surface area contributed by atoms with Crippen LogP contribution in [0.1, 0.15) is 37.4 Å². The van der Waals surface area contributed by atoms with Gasteiger partial charge < -0.3 is 15.4 Å². The number of nitrogens with zero attached hydrogens (tertiary/aromatic N) is 2. The zero-order valence-electron chi connectivity index (χ0n) is 14.9.